The molecule has 0 spiro atoms. The van der Waals surface area contributed by atoms with Crippen LogP contribution in [0.1, 0.15) is 33.6 Å². The first-order valence-electron chi connectivity index (χ1n) is 4.44. The van der Waals surface area contributed by atoms with Crippen LogP contribution < -0.4 is 0 Å². The molecule has 0 aromatic heterocycles. The van der Waals surface area contributed by atoms with Crippen molar-refractivity contribution in [1.29, 1.82) is 5.26 Å². The summed E-state index contributed by atoms with van der Waals surface area (Å²) in [6.07, 6.45) is 1.49. The van der Waals surface area contributed by atoms with Crippen LogP contribution in [0.15, 0.2) is 11.1 Å². The number of rotatable bonds is 4. The second-order valence-electron chi connectivity index (χ2n) is 2.98. The van der Waals surface area contributed by atoms with Gasteiger partial charge in [0.15, 0.2) is 0 Å². The van der Waals surface area contributed by atoms with Crippen LogP contribution in [0.4, 0.5) is 0 Å². The van der Waals surface area contributed by atoms with Gasteiger partial charge in [0, 0.05) is 0 Å². The average molecular weight is 181 g/mol. The van der Waals surface area contributed by atoms with Gasteiger partial charge in [-0.05, 0) is 24.3 Å². The molecule has 0 amide bonds. The normalized spacial score (nSPS) is 14.3. The highest BCUT2D eigenvalue weighted by Crippen LogP contribution is 2.21. The number of nitrogens with zero attached hydrogens (tertiary/aromatic N) is 1. The predicted molar refractivity (Wildman–Crippen MR) is 50.0 cm³/mol. The SMILES string of the molecule is CCC(=C(C#N)C(=O)O)C(C)CC. The van der Waals surface area contributed by atoms with Crippen molar-refractivity contribution in [3.63, 3.8) is 0 Å². The van der Waals surface area contributed by atoms with E-state index in [2.05, 4.69) is 0 Å². The summed E-state index contributed by atoms with van der Waals surface area (Å²) < 4.78 is 0. The van der Waals surface area contributed by atoms with E-state index >= 15 is 0 Å². The van der Waals surface area contributed by atoms with Gasteiger partial charge in [0.25, 0.3) is 0 Å². The summed E-state index contributed by atoms with van der Waals surface area (Å²) >= 11 is 0. The van der Waals surface area contributed by atoms with Crippen LogP contribution >= 0.6 is 0 Å². The van der Waals surface area contributed by atoms with Gasteiger partial charge in [0.1, 0.15) is 11.6 Å². The third kappa shape index (κ3) is 2.90. The van der Waals surface area contributed by atoms with Gasteiger partial charge in [-0.3, -0.25) is 0 Å². The Morgan fingerprint density at radius 2 is 2.08 bits per heavy atom. The van der Waals surface area contributed by atoms with E-state index < -0.39 is 5.97 Å². The van der Waals surface area contributed by atoms with Gasteiger partial charge in [-0.2, -0.15) is 5.26 Å². The average Bonchev–Trinajstić information content (AvgIpc) is 2.12. The molecule has 3 nitrogen and oxygen atoms in total. The molecule has 13 heavy (non-hydrogen) atoms. The number of carboxylic acid groups (broad SMARTS) is 1. The zero-order valence-electron chi connectivity index (χ0n) is 8.29. The van der Waals surface area contributed by atoms with E-state index in [4.69, 9.17) is 10.4 Å². The Labute approximate surface area is 78.7 Å². The third-order valence-electron chi connectivity index (χ3n) is 2.23. The number of hydrogen-bond acceptors (Lipinski definition) is 2. The summed E-state index contributed by atoms with van der Waals surface area (Å²) in [6, 6.07) is 1.75. The minimum Gasteiger partial charge on any atom is -0.477 e. The molecule has 0 saturated carbocycles. The van der Waals surface area contributed by atoms with E-state index in [1.54, 1.807) is 6.07 Å². The van der Waals surface area contributed by atoms with Crippen LogP contribution in [0.25, 0.3) is 0 Å². The molecule has 3 heteroatoms. The second-order valence-corrected chi connectivity index (χ2v) is 2.98. The number of aliphatic carboxylic acids is 1. The highest BCUT2D eigenvalue weighted by atomic mass is 16.4. The van der Waals surface area contributed by atoms with Crippen LogP contribution in [-0.2, 0) is 4.79 Å². The van der Waals surface area contributed by atoms with Crippen molar-refractivity contribution in [3.8, 4) is 6.07 Å². The molecule has 0 fully saturated rings. The van der Waals surface area contributed by atoms with E-state index in [9.17, 15) is 4.79 Å². The van der Waals surface area contributed by atoms with Crippen molar-refractivity contribution in [2.24, 2.45) is 5.92 Å². The van der Waals surface area contributed by atoms with E-state index in [1.807, 2.05) is 20.8 Å². The van der Waals surface area contributed by atoms with Gasteiger partial charge in [-0.1, -0.05) is 20.8 Å². The molecule has 1 unspecified atom stereocenters. The van der Waals surface area contributed by atoms with E-state index in [-0.39, 0.29) is 11.5 Å². The van der Waals surface area contributed by atoms with Crippen molar-refractivity contribution in [1.82, 2.24) is 0 Å². The lowest BCUT2D eigenvalue weighted by Crippen LogP contribution is -2.08. The zero-order valence-corrected chi connectivity index (χ0v) is 8.29. The van der Waals surface area contributed by atoms with Crippen molar-refractivity contribution in [2.75, 3.05) is 0 Å². The number of carboxylic acids is 1. The summed E-state index contributed by atoms with van der Waals surface area (Å²) in [5, 5.41) is 17.4. The summed E-state index contributed by atoms with van der Waals surface area (Å²) in [7, 11) is 0. The number of allylic oxidation sites excluding steroid dienone is 1. The van der Waals surface area contributed by atoms with Crippen LogP contribution in [0.5, 0.6) is 0 Å². The molecule has 0 heterocycles. The van der Waals surface area contributed by atoms with Gasteiger partial charge in [0.05, 0.1) is 0 Å². The molecule has 0 aliphatic carbocycles. The summed E-state index contributed by atoms with van der Waals surface area (Å²) in [4.78, 5) is 10.7. The topological polar surface area (TPSA) is 61.1 Å². The fraction of sp³-hybridized carbons (Fsp3) is 0.600. The van der Waals surface area contributed by atoms with E-state index in [0.717, 1.165) is 12.0 Å². The Hall–Kier alpha value is -1.30. The molecule has 72 valence electrons. The Bertz CT molecular complexity index is 261. The second kappa shape index (κ2) is 5.36. The summed E-state index contributed by atoms with van der Waals surface area (Å²) in [6.45, 7) is 5.80. The number of carbonyl (C=O) groups is 1. The molecule has 0 aliphatic rings. The fourth-order valence-electron chi connectivity index (χ4n) is 1.28. The molecule has 0 saturated heterocycles. The highest BCUT2D eigenvalue weighted by molar-refractivity contribution is 5.92. The minimum absolute atomic E-state index is 0.0862. The van der Waals surface area contributed by atoms with Crippen LogP contribution in [0.3, 0.4) is 0 Å². The Balaban J connectivity index is 5.08. The lowest BCUT2D eigenvalue weighted by Gasteiger charge is -2.12. The lowest BCUT2D eigenvalue weighted by atomic mass is 9.92. The van der Waals surface area contributed by atoms with Crippen LogP contribution in [-0.4, -0.2) is 11.1 Å². The molecular formula is C10H15NO2. The minimum atomic E-state index is -1.11. The summed E-state index contributed by atoms with van der Waals surface area (Å²) in [5.41, 5.74) is 0.661. The molecule has 0 radical (unpaired) electrons. The van der Waals surface area contributed by atoms with Gasteiger partial charge >= 0.3 is 5.97 Å². The molecule has 1 N–H and O–H groups in total. The van der Waals surface area contributed by atoms with Crippen molar-refractivity contribution < 1.29 is 9.90 Å². The van der Waals surface area contributed by atoms with Gasteiger partial charge in [-0.25, -0.2) is 4.79 Å². The van der Waals surface area contributed by atoms with Crippen molar-refractivity contribution in [3.05, 3.63) is 11.1 Å². The molecule has 0 rings (SSSR count). The van der Waals surface area contributed by atoms with E-state index in [1.165, 1.54) is 0 Å². The molecule has 0 aromatic carbocycles. The molecular weight excluding hydrogens is 166 g/mol. The first-order valence-corrected chi connectivity index (χ1v) is 4.44. The zero-order chi connectivity index (χ0) is 10.4. The quantitative estimate of drug-likeness (QED) is 0.535. The van der Waals surface area contributed by atoms with Gasteiger partial charge in [0.2, 0.25) is 0 Å². The molecule has 0 aliphatic heterocycles. The molecule has 0 bridgehead atoms. The fourth-order valence-corrected chi connectivity index (χ4v) is 1.28. The number of hydrogen-bond donors (Lipinski definition) is 1. The Morgan fingerprint density at radius 3 is 2.31 bits per heavy atom. The monoisotopic (exact) mass is 181 g/mol. The third-order valence-corrected chi connectivity index (χ3v) is 2.23. The van der Waals surface area contributed by atoms with Crippen molar-refractivity contribution >= 4 is 5.97 Å². The maximum atomic E-state index is 10.7. The number of nitriles is 1. The molecule has 0 aromatic rings. The highest BCUT2D eigenvalue weighted by Gasteiger charge is 2.16. The standard InChI is InChI=1S/C10H15NO2/c1-4-7(3)8(5-2)9(6-11)10(12)13/h7H,4-5H2,1-3H3,(H,12,13). The molecule has 1 atom stereocenters. The maximum absolute atomic E-state index is 10.7. The van der Waals surface area contributed by atoms with Gasteiger partial charge < -0.3 is 5.11 Å². The maximum Gasteiger partial charge on any atom is 0.346 e. The van der Waals surface area contributed by atoms with Gasteiger partial charge in [-0.15, -0.1) is 0 Å². The van der Waals surface area contributed by atoms with Crippen LogP contribution in [0.2, 0.25) is 0 Å². The van der Waals surface area contributed by atoms with Crippen LogP contribution in [0, 0.1) is 17.2 Å². The van der Waals surface area contributed by atoms with E-state index in [0.29, 0.717) is 6.42 Å². The smallest absolute Gasteiger partial charge is 0.346 e. The summed E-state index contributed by atoms with van der Waals surface area (Å²) in [5.74, 6) is -0.935. The Kier molecular flexibility index (Phi) is 4.83. The lowest BCUT2D eigenvalue weighted by molar-refractivity contribution is -0.132. The predicted octanol–water partition coefficient (Wildman–Crippen LogP) is 2.35. The first kappa shape index (κ1) is 11.7. The largest absolute Gasteiger partial charge is 0.477 e. The van der Waals surface area contributed by atoms with Crippen molar-refractivity contribution in [2.45, 2.75) is 33.6 Å². The Morgan fingerprint density at radius 1 is 1.54 bits per heavy atom. The first-order chi connectivity index (χ1) is 6.08.